The summed E-state index contributed by atoms with van der Waals surface area (Å²) in [5.74, 6) is 0. The molecule has 0 aliphatic carbocycles. The van der Waals surface area contributed by atoms with E-state index < -0.39 is 0 Å². The number of hydrogen-bond acceptors (Lipinski definition) is 2. The first kappa shape index (κ1) is 11.0. The normalized spacial score (nSPS) is 12.6. The number of rotatable bonds is 5. The predicted octanol–water partition coefficient (Wildman–Crippen LogP) is 2.78. The molecule has 2 heteroatoms. The van der Waals surface area contributed by atoms with Crippen molar-refractivity contribution in [3.05, 3.63) is 60.1 Å². The molecule has 0 spiro atoms. The summed E-state index contributed by atoms with van der Waals surface area (Å²) < 4.78 is 5.02. The highest BCUT2D eigenvalue weighted by molar-refractivity contribution is 5.15. The van der Waals surface area contributed by atoms with Crippen molar-refractivity contribution >= 4 is 0 Å². The van der Waals surface area contributed by atoms with Gasteiger partial charge >= 0.3 is 0 Å². The zero-order valence-electron chi connectivity index (χ0n) is 9.30. The lowest BCUT2D eigenvalue weighted by Gasteiger charge is -2.09. The Morgan fingerprint density at radius 1 is 1.06 bits per heavy atom. The van der Waals surface area contributed by atoms with Gasteiger partial charge in [-0.25, -0.2) is 0 Å². The van der Waals surface area contributed by atoms with E-state index in [-0.39, 0.29) is 6.04 Å². The Balaban J connectivity index is 1.78. The molecule has 1 heterocycles. The van der Waals surface area contributed by atoms with Crippen LogP contribution in [0.5, 0.6) is 0 Å². The van der Waals surface area contributed by atoms with E-state index in [0.717, 1.165) is 19.3 Å². The Morgan fingerprint density at radius 3 is 2.56 bits per heavy atom. The predicted molar refractivity (Wildman–Crippen MR) is 65.2 cm³/mol. The van der Waals surface area contributed by atoms with Crippen LogP contribution in [-0.2, 0) is 12.8 Å². The average molecular weight is 215 g/mol. The maximum Gasteiger partial charge on any atom is 0.0935 e. The first-order valence-corrected chi connectivity index (χ1v) is 5.65. The van der Waals surface area contributed by atoms with E-state index in [0.29, 0.717) is 0 Å². The molecule has 84 valence electrons. The topological polar surface area (TPSA) is 39.2 Å². The molecule has 2 nitrogen and oxygen atoms in total. The highest BCUT2D eigenvalue weighted by atomic mass is 16.3. The molecule has 2 aromatic rings. The van der Waals surface area contributed by atoms with Crippen LogP contribution in [0.4, 0.5) is 0 Å². The molecule has 1 unspecified atom stereocenters. The first-order valence-electron chi connectivity index (χ1n) is 5.65. The van der Waals surface area contributed by atoms with Crippen LogP contribution < -0.4 is 5.73 Å². The van der Waals surface area contributed by atoms with E-state index >= 15 is 0 Å². The van der Waals surface area contributed by atoms with E-state index in [1.54, 1.807) is 12.5 Å². The fourth-order valence-corrected chi connectivity index (χ4v) is 1.81. The quantitative estimate of drug-likeness (QED) is 0.833. The third-order valence-corrected chi connectivity index (χ3v) is 2.72. The van der Waals surface area contributed by atoms with Crippen LogP contribution in [-0.4, -0.2) is 6.04 Å². The molecular formula is C14H17NO. The lowest BCUT2D eigenvalue weighted by Crippen LogP contribution is -2.23. The van der Waals surface area contributed by atoms with Crippen LogP contribution in [0.15, 0.2) is 53.3 Å². The van der Waals surface area contributed by atoms with Crippen molar-refractivity contribution in [2.75, 3.05) is 0 Å². The lowest BCUT2D eigenvalue weighted by molar-refractivity contribution is 0.556. The van der Waals surface area contributed by atoms with Crippen LogP contribution >= 0.6 is 0 Å². The molecule has 0 amide bonds. The Hall–Kier alpha value is -1.54. The third-order valence-electron chi connectivity index (χ3n) is 2.72. The Bertz CT molecular complexity index is 394. The van der Waals surface area contributed by atoms with Gasteiger partial charge in [0.2, 0.25) is 0 Å². The van der Waals surface area contributed by atoms with Crippen LogP contribution in [0.25, 0.3) is 0 Å². The summed E-state index contributed by atoms with van der Waals surface area (Å²) in [7, 11) is 0. The number of benzene rings is 1. The van der Waals surface area contributed by atoms with Gasteiger partial charge in [0.15, 0.2) is 0 Å². The first-order chi connectivity index (χ1) is 7.84. The number of furan rings is 1. The Kier molecular flexibility index (Phi) is 3.78. The van der Waals surface area contributed by atoms with Gasteiger partial charge in [0.25, 0.3) is 0 Å². The summed E-state index contributed by atoms with van der Waals surface area (Å²) in [6, 6.07) is 12.6. The summed E-state index contributed by atoms with van der Waals surface area (Å²) in [5, 5.41) is 0. The molecule has 1 atom stereocenters. The molecule has 0 aliphatic heterocycles. The van der Waals surface area contributed by atoms with Crippen molar-refractivity contribution in [1.82, 2.24) is 0 Å². The number of hydrogen-bond donors (Lipinski definition) is 1. The number of aryl methyl sites for hydroxylation is 1. The molecule has 0 saturated carbocycles. The zero-order valence-corrected chi connectivity index (χ0v) is 9.30. The minimum Gasteiger partial charge on any atom is -0.472 e. The highest BCUT2D eigenvalue weighted by Gasteiger charge is 2.05. The summed E-state index contributed by atoms with van der Waals surface area (Å²) in [6.45, 7) is 0. The second-order valence-electron chi connectivity index (χ2n) is 4.12. The zero-order chi connectivity index (χ0) is 11.2. The van der Waals surface area contributed by atoms with Gasteiger partial charge in [-0.2, -0.15) is 0 Å². The molecular weight excluding hydrogens is 198 g/mol. The van der Waals surface area contributed by atoms with E-state index in [2.05, 4.69) is 24.3 Å². The van der Waals surface area contributed by atoms with Crippen molar-refractivity contribution in [1.29, 1.82) is 0 Å². The molecule has 0 bridgehead atoms. The second kappa shape index (κ2) is 5.52. The van der Waals surface area contributed by atoms with E-state index in [1.165, 1.54) is 11.1 Å². The van der Waals surface area contributed by atoms with Crippen molar-refractivity contribution in [2.24, 2.45) is 5.73 Å². The van der Waals surface area contributed by atoms with Gasteiger partial charge in [-0.3, -0.25) is 0 Å². The maximum absolute atomic E-state index is 6.07. The van der Waals surface area contributed by atoms with Crippen molar-refractivity contribution < 1.29 is 4.42 Å². The molecule has 0 aliphatic rings. The smallest absolute Gasteiger partial charge is 0.0935 e. The molecule has 16 heavy (non-hydrogen) atoms. The lowest BCUT2D eigenvalue weighted by atomic mass is 10.0. The van der Waals surface area contributed by atoms with Crippen molar-refractivity contribution in [3.63, 3.8) is 0 Å². The fraction of sp³-hybridized carbons (Fsp3) is 0.286. The maximum atomic E-state index is 6.07. The molecule has 2 rings (SSSR count). The van der Waals surface area contributed by atoms with Gasteiger partial charge in [0, 0.05) is 6.04 Å². The Morgan fingerprint density at radius 2 is 1.88 bits per heavy atom. The standard InChI is InChI=1S/C14H17NO/c15-14(10-13-8-9-16-11-13)7-6-12-4-2-1-3-5-12/h1-5,8-9,11,14H,6-7,10,15H2. The SMILES string of the molecule is NC(CCc1ccccc1)Cc1ccoc1. The Labute approximate surface area is 96.1 Å². The van der Waals surface area contributed by atoms with Gasteiger partial charge in [-0.1, -0.05) is 30.3 Å². The summed E-state index contributed by atoms with van der Waals surface area (Å²) in [4.78, 5) is 0. The highest BCUT2D eigenvalue weighted by Crippen LogP contribution is 2.08. The minimum absolute atomic E-state index is 0.206. The number of nitrogens with two attached hydrogens (primary N) is 1. The van der Waals surface area contributed by atoms with Crippen LogP contribution in [0, 0.1) is 0 Å². The van der Waals surface area contributed by atoms with E-state index in [1.807, 2.05) is 12.1 Å². The van der Waals surface area contributed by atoms with Crippen molar-refractivity contribution in [3.8, 4) is 0 Å². The summed E-state index contributed by atoms with van der Waals surface area (Å²) in [5.41, 5.74) is 8.60. The van der Waals surface area contributed by atoms with Crippen LogP contribution in [0.2, 0.25) is 0 Å². The molecule has 0 fully saturated rings. The molecule has 0 radical (unpaired) electrons. The van der Waals surface area contributed by atoms with E-state index in [9.17, 15) is 0 Å². The summed E-state index contributed by atoms with van der Waals surface area (Å²) in [6.07, 6.45) is 6.40. The average Bonchev–Trinajstić information content (AvgIpc) is 2.81. The van der Waals surface area contributed by atoms with Crippen LogP contribution in [0.1, 0.15) is 17.5 Å². The van der Waals surface area contributed by atoms with Gasteiger partial charge in [0.1, 0.15) is 0 Å². The molecule has 1 aromatic carbocycles. The third kappa shape index (κ3) is 3.24. The van der Waals surface area contributed by atoms with Crippen LogP contribution in [0.3, 0.4) is 0 Å². The molecule has 0 saturated heterocycles. The fourth-order valence-electron chi connectivity index (χ4n) is 1.81. The van der Waals surface area contributed by atoms with Gasteiger partial charge in [-0.15, -0.1) is 0 Å². The summed E-state index contributed by atoms with van der Waals surface area (Å²) >= 11 is 0. The minimum atomic E-state index is 0.206. The van der Waals surface area contributed by atoms with Gasteiger partial charge in [-0.05, 0) is 36.5 Å². The largest absolute Gasteiger partial charge is 0.472 e. The van der Waals surface area contributed by atoms with E-state index in [4.69, 9.17) is 10.2 Å². The molecule has 2 N–H and O–H groups in total. The molecule has 1 aromatic heterocycles. The second-order valence-corrected chi connectivity index (χ2v) is 4.12. The monoisotopic (exact) mass is 215 g/mol. The van der Waals surface area contributed by atoms with Gasteiger partial charge < -0.3 is 10.2 Å². The van der Waals surface area contributed by atoms with Crippen molar-refractivity contribution in [2.45, 2.75) is 25.3 Å². The van der Waals surface area contributed by atoms with Gasteiger partial charge in [0.05, 0.1) is 12.5 Å².